The van der Waals surface area contributed by atoms with E-state index in [-0.39, 0.29) is 11.9 Å². The molecule has 1 fully saturated rings. The first kappa shape index (κ1) is 20.7. The number of nitrogens with one attached hydrogen (secondary N) is 1. The molecule has 1 aromatic carbocycles. The molecule has 0 bridgehead atoms. The fraction of sp³-hybridized carbons (Fsp3) is 0.476. The number of anilines is 4. The van der Waals surface area contributed by atoms with Crippen LogP contribution in [-0.2, 0) is 9.53 Å². The van der Waals surface area contributed by atoms with Crippen molar-refractivity contribution in [2.24, 2.45) is 5.92 Å². The van der Waals surface area contributed by atoms with Crippen molar-refractivity contribution >= 4 is 29.0 Å². The summed E-state index contributed by atoms with van der Waals surface area (Å²) < 4.78 is 10.5. The van der Waals surface area contributed by atoms with Crippen molar-refractivity contribution in [3.8, 4) is 5.75 Å². The highest BCUT2D eigenvalue weighted by Crippen LogP contribution is 2.31. The van der Waals surface area contributed by atoms with Crippen molar-refractivity contribution < 1.29 is 14.3 Å². The molecule has 0 unspecified atom stereocenters. The molecule has 0 aliphatic carbocycles. The van der Waals surface area contributed by atoms with Crippen LogP contribution in [-0.4, -0.2) is 42.7 Å². The highest BCUT2D eigenvalue weighted by Gasteiger charge is 2.27. The summed E-state index contributed by atoms with van der Waals surface area (Å²) in [6.07, 6.45) is 5.09. The van der Waals surface area contributed by atoms with Crippen LogP contribution in [0, 0.1) is 5.92 Å². The van der Waals surface area contributed by atoms with E-state index in [1.807, 2.05) is 24.3 Å². The molecule has 8 heteroatoms. The predicted octanol–water partition coefficient (Wildman–Crippen LogP) is 3.37. The molecule has 3 rings (SSSR count). The van der Waals surface area contributed by atoms with Gasteiger partial charge in [0.2, 0.25) is 0 Å². The van der Waals surface area contributed by atoms with Crippen molar-refractivity contribution in [1.82, 2.24) is 9.97 Å². The summed E-state index contributed by atoms with van der Waals surface area (Å²) in [4.78, 5) is 22.5. The number of nitrogens with zero attached hydrogens (tertiary/aromatic N) is 3. The Balaban J connectivity index is 1.64. The SMILES string of the molecule is CCCCOc1ccc(Nc2ncnc(N3CCC(C(=O)OC)CC3)c2N)cc1. The summed E-state index contributed by atoms with van der Waals surface area (Å²) in [5.74, 6) is 1.88. The van der Waals surface area contributed by atoms with Crippen LogP contribution in [0.1, 0.15) is 32.6 Å². The van der Waals surface area contributed by atoms with E-state index < -0.39 is 0 Å². The Morgan fingerprint density at radius 1 is 1.24 bits per heavy atom. The smallest absolute Gasteiger partial charge is 0.308 e. The maximum atomic E-state index is 11.7. The largest absolute Gasteiger partial charge is 0.494 e. The van der Waals surface area contributed by atoms with E-state index in [4.69, 9.17) is 15.2 Å². The fourth-order valence-corrected chi connectivity index (χ4v) is 3.34. The molecule has 1 aromatic heterocycles. The van der Waals surface area contributed by atoms with E-state index in [1.165, 1.54) is 13.4 Å². The molecule has 0 saturated carbocycles. The van der Waals surface area contributed by atoms with Crippen LogP contribution in [0.25, 0.3) is 0 Å². The average Bonchev–Trinajstić information content (AvgIpc) is 2.76. The molecule has 2 heterocycles. The number of rotatable bonds is 8. The number of nitrogen functional groups attached to an aromatic ring is 1. The van der Waals surface area contributed by atoms with Crippen molar-refractivity contribution in [2.75, 3.05) is 42.8 Å². The van der Waals surface area contributed by atoms with Crippen LogP contribution in [0.15, 0.2) is 30.6 Å². The van der Waals surface area contributed by atoms with Gasteiger partial charge in [0, 0.05) is 18.8 Å². The van der Waals surface area contributed by atoms with Gasteiger partial charge in [0.25, 0.3) is 0 Å². The maximum Gasteiger partial charge on any atom is 0.308 e. The number of aromatic nitrogens is 2. The van der Waals surface area contributed by atoms with Crippen LogP contribution < -0.4 is 20.7 Å². The number of ether oxygens (including phenoxy) is 2. The fourth-order valence-electron chi connectivity index (χ4n) is 3.34. The molecule has 8 nitrogen and oxygen atoms in total. The molecule has 2 aromatic rings. The van der Waals surface area contributed by atoms with Gasteiger partial charge in [-0.15, -0.1) is 0 Å². The van der Waals surface area contributed by atoms with Crippen LogP contribution in [0.4, 0.5) is 23.0 Å². The van der Waals surface area contributed by atoms with Gasteiger partial charge in [-0.3, -0.25) is 4.79 Å². The molecule has 0 amide bonds. The first-order chi connectivity index (χ1) is 14.1. The number of nitrogens with two attached hydrogens (primary N) is 1. The normalized spacial score (nSPS) is 14.5. The van der Waals surface area contributed by atoms with E-state index in [9.17, 15) is 4.79 Å². The summed E-state index contributed by atoms with van der Waals surface area (Å²) in [6, 6.07) is 7.72. The number of unbranched alkanes of at least 4 members (excludes halogenated alkanes) is 1. The minimum absolute atomic E-state index is 0.0602. The highest BCUT2D eigenvalue weighted by molar-refractivity contribution is 5.79. The summed E-state index contributed by atoms with van der Waals surface area (Å²) in [5.41, 5.74) is 7.71. The van der Waals surface area contributed by atoms with Gasteiger partial charge < -0.3 is 25.4 Å². The molecular formula is C21H29N5O3. The Bertz CT molecular complexity index is 804. The molecule has 29 heavy (non-hydrogen) atoms. The lowest BCUT2D eigenvalue weighted by Gasteiger charge is -2.32. The average molecular weight is 399 g/mol. The monoisotopic (exact) mass is 399 g/mol. The van der Waals surface area contributed by atoms with E-state index in [2.05, 4.69) is 27.1 Å². The number of carbonyl (C=O) groups is 1. The van der Waals surface area contributed by atoms with E-state index in [0.29, 0.717) is 30.4 Å². The zero-order valence-electron chi connectivity index (χ0n) is 17.1. The van der Waals surface area contributed by atoms with Crippen molar-refractivity contribution in [3.05, 3.63) is 30.6 Å². The quantitative estimate of drug-likeness (QED) is 0.514. The third-order valence-electron chi connectivity index (χ3n) is 5.08. The van der Waals surface area contributed by atoms with Crippen LogP contribution >= 0.6 is 0 Å². The van der Waals surface area contributed by atoms with Crippen LogP contribution in [0.3, 0.4) is 0 Å². The van der Waals surface area contributed by atoms with Crippen LogP contribution in [0.5, 0.6) is 5.75 Å². The van der Waals surface area contributed by atoms with Crippen LogP contribution in [0.2, 0.25) is 0 Å². The Labute approximate surface area is 171 Å². The van der Waals surface area contributed by atoms with Crippen molar-refractivity contribution in [3.63, 3.8) is 0 Å². The van der Waals surface area contributed by atoms with Gasteiger partial charge in [-0.25, -0.2) is 9.97 Å². The number of piperidine rings is 1. The lowest BCUT2D eigenvalue weighted by atomic mass is 9.97. The third kappa shape index (κ3) is 5.28. The number of methoxy groups -OCH3 is 1. The summed E-state index contributed by atoms with van der Waals surface area (Å²) in [6.45, 7) is 4.25. The van der Waals surface area contributed by atoms with Gasteiger partial charge in [-0.1, -0.05) is 13.3 Å². The lowest BCUT2D eigenvalue weighted by molar-refractivity contribution is -0.146. The minimum Gasteiger partial charge on any atom is -0.494 e. The van der Waals surface area contributed by atoms with Crippen molar-refractivity contribution in [2.45, 2.75) is 32.6 Å². The third-order valence-corrected chi connectivity index (χ3v) is 5.08. The molecule has 0 atom stereocenters. The Morgan fingerprint density at radius 3 is 2.62 bits per heavy atom. The standard InChI is InChI=1S/C21H29N5O3/c1-3-4-13-29-17-7-5-16(6-8-17)25-19-18(22)20(24-14-23-19)26-11-9-15(10-12-26)21(27)28-2/h5-8,14-15H,3-4,9-13,22H2,1-2H3,(H,23,24,25). The number of benzene rings is 1. The van der Waals surface area contributed by atoms with Gasteiger partial charge in [-0.05, 0) is 43.5 Å². The first-order valence-electron chi connectivity index (χ1n) is 10.1. The highest BCUT2D eigenvalue weighted by atomic mass is 16.5. The van der Waals surface area contributed by atoms with E-state index >= 15 is 0 Å². The predicted molar refractivity (Wildman–Crippen MR) is 114 cm³/mol. The minimum atomic E-state index is -0.148. The molecule has 1 aliphatic heterocycles. The second kappa shape index (κ2) is 9.95. The van der Waals surface area contributed by atoms with Gasteiger partial charge in [0.1, 0.15) is 17.8 Å². The lowest BCUT2D eigenvalue weighted by Crippen LogP contribution is -2.37. The molecule has 3 N–H and O–H groups in total. The van der Waals surface area contributed by atoms with Gasteiger partial charge in [0.15, 0.2) is 11.6 Å². The Morgan fingerprint density at radius 2 is 1.97 bits per heavy atom. The van der Waals surface area contributed by atoms with E-state index in [1.54, 1.807) is 0 Å². The summed E-state index contributed by atoms with van der Waals surface area (Å²) in [7, 11) is 1.43. The Hall–Kier alpha value is -3.03. The second-order valence-electron chi connectivity index (χ2n) is 7.10. The van der Waals surface area contributed by atoms with Gasteiger partial charge in [0.05, 0.1) is 19.6 Å². The van der Waals surface area contributed by atoms with E-state index in [0.717, 1.165) is 43.7 Å². The molecular weight excluding hydrogens is 370 g/mol. The second-order valence-corrected chi connectivity index (χ2v) is 7.10. The first-order valence-corrected chi connectivity index (χ1v) is 10.1. The molecule has 0 spiro atoms. The Kier molecular flexibility index (Phi) is 7.10. The zero-order valence-corrected chi connectivity index (χ0v) is 17.1. The molecule has 1 saturated heterocycles. The molecule has 156 valence electrons. The number of esters is 1. The number of carbonyl (C=O) groups excluding carboxylic acids is 1. The van der Waals surface area contributed by atoms with Crippen molar-refractivity contribution in [1.29, 1.82) is 0 Å². The summed E-state index contributed by atoms with van der Waals surface area (Å²) in [5, 5.41) is 3.25. The molecule has 0 radical (unpaired) electrons. The number of hydrogen-bond donors (Lipinski definition) is 2. The topological polar surface area (TPSA) is 103 Å². The van der Waals surface area contributed by atoms with Gasteiger partial charge in [-0.2, -0.15) is 0 Å². The molecule has 1 aliphatic rings. The zero-order chi connectivity index (χ0) is 20.6. The van der Waals surface area contributed by atoms with Gasteiger partial charge >= 0.3 is 5.97 Å². The maximum absolute atomic E-state index is 11.7. The summed E-state index contributed by atoms with van der Waals surface area (Å²) >= 11 is 0. The number of hydrogen-bond acceptors (Lipinski definition) is 8.